The van der Waals surface area contributed by atoms with Crippen LogP contribution in [0.5, 0.6) is 0 Å². The van der Waals surface area contributed by atoms with Crippen molar-refractivity contribution in [2.45, 2.75) is 19.4 Å². The van der Waals surface area contributed by atoms with Gasteiger partial charge in [-0.25, -0.2) is 4.98 Å². The van der Waals surface area contributed by atoms with Crippen LogP contribution in [0, 0.1) is 6.92 Å². The number of para-hydroxylation sites is 1. The third-order valence-corrected chi connectivity index (χ3v) is 4.30. The van der Waals surface area contributed by atoms with Crippen molar-refractivity contribution < 1.29 is 14.4 Å². The molecule has 0 aliphatic heterocycles. The molecule has 0 bridgehead atoms. The average Bonchev–Trinajstić information content (AvgIpc) is 3.09. The summed E-state index contributed by atoms with van der Waals surface area (Å²) in [6.07, 6.45) is 1.73. The Balaban J connectivity index is 1.89. The van der Waals surface area contributed by atoms with Crippen LogP contribution in [-0.2, 0) is 16.0 Å². The van der Waals surface area contributed by atoms with E-state index in [9.17, 15) is 14.4 Å². The number of nitrogens with zero attached hydrogens (tertiary/aromatic N) is 2. The summed E-state index contributed by atoms with van der Waals surface area (Å²) < 4.78 is 1.68. The van der Waals surface area contributed by atoms with E-state index in [0.29, 0.717) is 0 Å². The number of rotatable bonds is 7. The lowest BCUT2D eigenvalue weighted by Crippen LogP contribution is -2.47. The molecule has 1 aromatic heterocycles. The quantitative estimate of drug-likeness (QED) is 0.610. The Morgan fingerprint density at radius 1 is 1.04 bits per heavy atom. The number of carbonyl (C=O) groups is 3. The number of imidazole rings is 1. The summed E-state index contributed by atoms with van der Waals surface area (Å²) in [5, 5.41) is 2.61. The van der Waals surface area contributed by atoms with Gasteiger partial charge in [0.25, 0.3) is 11.8 Å². The highest BCUT2D eigenvalue weighted by atomic mass is 16.2. The normalized spacial score (nSPS) is 11.6. The number of ketones is 1. The number of nitrogens with two attached hydrogens (primary N) is 1. The number of carbonyl (C=O) groups excluding carboxylic acids is 3. The first-order valence-electron chi connectivity index (χ1n) is 8.75. The van der Waals surface area contributed by atoms with E-state index in [1.165, 1.54) is 0 Å². The molecule has 2 aromatic carbocycles. The van der Waals surface area contributed by atoms with E-state index in [2.05, 4.69) is 10.3 Å². The van der Waals surface area contributed by atoms with Crippen molar-refractivity contribution >= 4 is 17.6 Å². The van der Waals surface area contributed by atoms with Crippen LogP contribution < -0.4 is 11.1 Å². The monoisotopic (exact) mass is 376 g/mol. The lowest BCUT2D eigenvalue weighted by atomic mass is 10.0. The molecular weight excluding hydrogens is 356 g/mol. The summed E-state index contributed by atoms with van der Waals surface area (Å²) >= 11 is 0. The maximum atomic E-state index is 12.9. The molecule has 0 fully saturated rings. The topological polar surface area (TPSA) is 107 Å². The molecule has 1 atom stereocenters. The molecule has 0 spiro atoms. The molecule has 0 saturated carbocycles. The lowest BCUT2D eigenvalue weighted by Gasteiger charge is -2.17. The predicted molar refractivity (Wildman–Crippen MR) is 104 cm³/mol. The fourth-order valence-corrected chi connectivity index (χ4v) is 2.95. The van der Waals surface area contributed by atoms with Gasteiger partial charge in [-0.05, 0) is 24.6 Å². The molecule has 28 heavy (non-hydrogen) atoms. The lowest BCUT2D eigenvalue weighted by molar-refractivity contribution is -0.137. The molecule has 142 valence electrons. The molecule has 0 saturated heterocycles. The predicted octanol–water partition coefficient (Wildman–Crippen LogP) is 1.58. The summed E-state index contributed by atoms with van der Waals surface area (Å²) in [4.78, 5) is 40.8. The van der Waals surface area contributed by atoms with E-state index in [1.807, 2.05) is 67.6 Å². The van der Waals surface area contributed by atoms with Gasteiger partial charge in [-0.15, -0.1) is 0 Å². The number of hydrogen-bond acceptors (Lipinski definition) is 4. The first-order chi connectivity index (χ1) is 13.5. The fourth-order valence-electron chi connectivity index (χ4n) is 2.95. The molecule has 0 aliphatic carbocycles. The minimum absolute atomic E-state index is 0.124. The van der Waals surface area contributed by atoms with Crippen molar-refractivity contribution in [3.8, 4) is 5.69 Å². The number of benzene rings is 2. The maximum absolute atomic E-state index is 12.9. The largest absolute Gasteiger partial charge is 0.363 e. The summed E-state index contributed by atoms with van der Waals surface area (Å²) in [5.41, 5.74) is 7.49. The van der Waals surface area contributed by atoms with E-state index in [-0.39, 0.29) is 12.2 Å². The number of amides is 2. The summed E-state index contributed by atoms with van der Waals surface area (Å²) in [6, 6.07) is 17.3. The van der Waals surface area contributed by atoms with Crippen molar-refractivity contribution in [2.75, 3.05) is 0 Å². The van der Waals surface area contributed by atoms with Gasteiger partial charge in [0.1, 0.15) is 6.04 Å². The Morgan fingerprint density at radius 2 is 1.64 bits per heavy atom. The molecule has 2 amide bonds. The van der Waals surface area contributed by atoms with Crippen LogP contribution in [0.1, 0.15) is 21.9 Å². The van der Waals surface area contributed by atoms with Crippen LogP contribution in [0.25, 0.3) is 5.69 Å². The molecule has 1 unspecified atom stereocenters. The first kappa shape index (κ1) is 19.0. The SMILES string of the molecule is Cc1cnc(C(=O)NC(Cc2ccccc2)C(=O)C(N)=O)n1-c1ccccc1. The Labute approximate surface area is 162 Å². The highest BCUT2D eigenvalue weighted by Crippen LogP contribution is 2.15. The van der Waals surface area contributed by atoms with Gasteiger partial charge in [-0.1, -0.05) is 48.5 Å². The molecule has 3 rings (SSSR count). The molecule has 0 radical (unpaired) electrons. The van der Waals surface area contributed by atoms with Crippen molar-refractivity contribution in [2.24, 2.45) is 5.73 Å². The van der Waals surface area contributed by atoms with Gasteiger partial charge < -0.3 is 11.1 Å². The standard InChI is InChI=1S/C21H20N4O3/c1-14-13-23-20(25(14)16-10-6-3-7-11-16)21(28)24-17(18(26)19(22)27)12-15-8-4-2-5-9-15/h2-11,13,17H,12H2,1H3,(H2,22,27)(H,24,28). The van der Waals surface area contributed by atoms with Crippen molar-refractivity contribution in [3.63, 3.8) is 0 Å². The fraction of sp³-hybridized carbons (Fsp3) is 0.143. The van der Waals surface area contributed by atoms with Crippen LogP contribution >= 0.6 is 0 Å². The van der Waals surface area contributed by atoms with Gasteiger partial charge in [-0.3, -0.25) is 19.0 Å². The Kier molecular flexibility index (Phi) is 5.64. The van der Waals surface area contributed by atoms with Crippen LogP contribution in [0.2, 0.25) is 0 Å². The first-order valence-corrected chi connectivity index (χ1v) is 8.75. The van der Waals surface area contributed by atoms with Gasteiger partial charge in [0.05, 0.1) is 0 Å². The Morgan fingerprint density at radius 3 is 2.25 bits per heavy atom. The average molecular weight is 376 g/mol. The molecular formula is C21H20N4O3. The minimum Gasteiger partial charge on any atom is -0.363 e. The molecule has 7 heteroatoms. The van der Waals surface area contributed by atoms with Crippen molar-refractivity contribution in [1.82, 2.24) is 14.9 Å². The maximum Gasteiger partial charge on any atom is 0.288 e. The second-order valence-electron chi connectivity index (χ2n) is 6.34. The Bertz CT molecular complexity index is 997. The number of aryl methyl sites for hydroxylation is 1. The summed E-state index contributed by atoms with van der Waals surface area (Å²) in [7, 11) is 0. The van der Waals surface area contributed by atoms with Crippen LogP contribution in [0.4, 0.5) is 0 Å². The molecule has 1 heterocycles. The van der Waals surface area contributed by atoms with Gasteiger partial charge in [0.2, 0.25) is 11.6 Å². The van der Waals surface area contributed by atoms with E-state index >= 15 is 0 Å². The van der Waals surface area contributed by atoms with E-state index in [1.54, 1.807) is 10.8 Å². The van der Waals surface area contributed by atoms with Crippen LogP contribution in [-0.4, -0.2) is 33.2 Å². The van der Waals surface area contributed by atoms with E-state index < -0.39 is 23.6 Å². The van der Waals surface area contributed by atoms with Gasteiger partial charge >= 0.3 is 0 Å². The van der Waals surface area contributed by atoms with E-state index in [4.69, 9.17) is 5.73 Å². The Hall–Kier alpha value is -3.74. The second kappa shape index (κ2) is 8.30. The molecule has 3 N–H and O–H groups in total. The highest BCUT2D eigenvalue weighted by Gasteiger charge is 2.27. The highest BCUT2D eigenvalue weighted by molar-refractivity contribution is 6.38. The second-order valence-corrected chi connectivity index (χ2v) is 6.34. The zero-order valence-corrected chi connectivity index (χ0v) is 15.3. The molecule has 0 aliphatic rings. The van der Waals surface area contributed by atoms with E-state index in [0.717, 1.165) is 16.9 Å². The smallest absolute Gasteiger partial charge is 0.288 e. The molecule has 3 aromatic rings. The zero-order valence-electron chi connectivity index (χ0n) is 15.3. The molecule has 7 nitrogen and oxygen atoms in total. The van der Waals surface area contributed by atoms with Crippen molar-refractivity contribution in [1.29, 1.82) is 0 Å². The number of nitrogens with one attached hydrogen (secondary N) is 1. The van der Waals surface area contributed by atoms with Gasteiger partial charge in [-0.2, -0.15) is 0 Å². The summed E-state index contributed by atoms with van der Waals surface area (Å²) in [6.45, 7) is 1.83. The van der Waals surface area contributed by atoms with Crippen molar-refractivity contribution in [3.05, 3.63) is 83.9 Å². The third-order valence-electron chi connectivity index (χ3n) is 4.30. The number of Topliss-reactive ketones (excluding diaryl/α,β-unsaturated/α-hetero) is 1. The zero-order chi connectivity index (χ0) is 20.1. The summed E-state index contributed by atoms with van der Waals surface area (Å²) in [5.74, 6) is -2.39. The van der Waals surface area contributed by atoms with Crippen LogP contribution in [0.3, 0.4) is 0 Å². The third kappa shape index (κ3) is 4.15. The minimum atomic E-state index is -1.09. The number of hydrogen-bond donors (Lipinski definition) is 2. The van der Waals surface area contributed by atoms with Gasteiger partial charge in [0.15, 0.2) is 0 Å². The van der Waals surface area contributed by atoms with Crippen LogP contribution in [0.15, 0.2) is 66.9 Å². The number of aromatic nitrogens is 2. The van der Waals surface area contributed by atoms with Gasteiger partial charge in [0, 0.05) is 24.0 Å². The number of primary amides is 1.